The number of pyridine rings is 1. The summed E-state index contributed by atoms with van der Waals surface area (Å²) >= 11 is 0. The lowest BCUT2D eigenvalue weighted by Crippen LogP contribution is -2.33. The van der Waals surface area contributed by atoms with Crippen molar-refractivity contribution in [1.82, 2.24) is 9.88 Å². The maximum Gasteiger partial charge on any atom is 0.417 e. The zero-order valence-corrected chi connectivity index (χ0v) is 11.1. The third kappa shape index (κ3) is 3.20. The Kier molecular flexibility index (Phi) is 4.15. The van der Waals surface area contributed by atoms with Crippen molar-refractivity contribution in [3.8, 4) is 0 Å². The molecule has 1 aromatic rings. The summed E-state index contributed by atoms with van der Waals surface area (Å²) in [5.74, 6) is 0.512. The maximum atomic E-state index is 12.5. The second kappa shape index (κ2) is 5.68. The molecule has 0 aromatic carbocycles. The van der Waals surface area contributed by atoms with E-state index in [9.17, 15) is 18.0 Å². The normalized spacial score (nSPS) is 20.7. The van der Waals surface area contributed by atoms with E-state index in [1.165, 1.54) is 6.07 Å². The van der Waals surface area contributed by atoms with Crippen LogP contribution in [0.4, 0.5) is 19.0 Å². The van der Waals surface area contributed by atoms with E-state index in [2.05, 4.69) is 4.98 Å². The van der Waals surface area contributed by atoms with Crippen LogP contribution in [0.3, 0.4) is 0 Å². The highest BCUT2D eigenvalue weighted by Crippen LogP contribution is 2.29. The van der Waals surface area contributed by atoms with E-state index in [1.807, 2.05) is 11.8 Å². The van der Waals surface area contributed by atoms with Crippen LogP contribution in [-0.4, -0.2) is 42.0 Å². The van der Waals surface area contributed by atoms with Crippen molar-refractivity contribution in [1.29, 1.82) is 0 Å². The number of amides is 1. The number of hydrogen-bond acceptors (Lipinski definition) is 3. The quantitative estimate of drug-likeness (QED) is 0.782. The van der Waals surface area contributed by atoms with Gasteiger partial charge in [0.2, 0.25) is 6.41 Å². The predicted molar refractivity (Wildman–Crippen MR) is 68.3 cm³/mol. The summed E-state index contributed by atoms with van der Waals surface area (Å²) in [6.45, 7) is 3.75. The number of halogens is 3. The molecule has 110 valence electrons. The van der Waals surface area contributed by atoms with E-state index < -0.39 is 11.7 Å². The highest BCUT2D eigenvalue weighted by atomic mass is 19.4. The number of rotatable bonds is 2. The Labute approximate surface area is 115 Å². The Hall–Kier alpha value is -1.79. The molecule has 20 heavy (non-hydrogen) atoms. The number of aromatic nitrogens is 1. The summed E-state index contributed by atoms with van der Waals surface area (Å²) in [6, 6.07) is 2.55. The number of carbonyl (C=O) groups excluding carboxylic acids is 1. The zero-order valence-electron chi connectivity index (χ0n) is 11.1. The first kappa shape index (κ1) is 14.6. The molecule has 0 saturated carbocycles. The van der Waals surface area contributed by atoms with Gasteiger partial charge in [-0.25, -0.2) is 4.98 Å². The number of nitrogens with zero attached hydrogens (tertiary/aromatic N) is 3. The van der Waals surface area contributed by atoms with Crippen molar-refractivity contribution in [2.24, 2.45) is 0 Å². The molecule has 0 bridgehead atoms. The molecule has 1 unspecified atom stereocenters. The van der Waals surface area contributed by atoms with Gasteiger partial charge in [0.15, 0.2) is 0 Å². The largest absolute Gasteiger partial charge is 0.417 e. The van der Waals surface area contributed by atoms with Crippen molar-refractivity contribution in [3.05, 3.63) is 23.9 Å². The summed E-state index contributed by atoms with van der Waals surface area (Å²) in [4.78, 5) is 18.4. The van der Waals surface area contributed by atoms with Gasteiger partial charge >= 0.3 is 6.18 Å². The molecule has 2 heterocycles. The second-order valence-corrected chi connectivity index (χ2v) is 4.87. The summed E-state index contributed by atoms with van der Waals surface area (Å²) in [5, 5.41) is 0. The first-order chi connectivity index (χ1) is 9.41. The number of hydrogen-bond donors (Lipinski definition) is 0. The molecule has 1 aliphatic heterocycles. The first-order valence-corrected chi connectivity index (χ1v) is 6.41. The lowest BCUT2D eigenvalue weighted by molar-refractivity contribution is -0.137. The second-order valence-electron chi connectivity index (χ2n) is 4.87. The van der Waals surface area contributed by atoms with Crippen LogP contribution in [0.1, 0.15) is 18.9 Å². The number of anilines is 1. The molecule has 1 atom stereocenters. The Morgan fingerprint density at radius 2 is 2.05 bits per heavy atom. The van der Waals surface area contributed by atoms with Crippen LogP contribution in [0.15, 0.2) is 18.3 Å². The lowest BCUT2D eigenvalue weighted by Gasteiger charge is -2.22. The van der Waals surface area contributed by atoms with E-state index in [1.54, 1.807) is 4.90 Å². The van der Waals surface area contributed by atoms with Crippen LogP contribution >= 0.6 is 0 Å². The molecule has 1 amide bonds. The smallest absolute Gasteiger partial charge is 0.355 e. The minimum atomic E-state index is -4.37. The molecule has 1 saturated heterocycles. The van der Waals surface area contributed by atoms with E-state index in [0.717, 1.165) is 25.1 Å². The molecule has 1 aliphatic rings. The van der Waals surface area contributed by atoms with Crippen LogP contribution in [-0.2, 0) is 11.0 Å². The van der Waals surface area contributed by atoms with Gasteiger partial charge in [0, 0.05) is 31.9 Å². The van der Waals surface area contributed by atoms with E-state index in [4.69, 9.17) is 0 Å². The molecule has 0 spiro atoms. The summed E-state index contributed by atoms with van der Waals surface area (Å²) in [5.41, 5.74) is -0.751. The van der Waals surface area contributed by atoms with Crippen LogP contribution in [0.5, 0.6) is 0 Å². The van der Waals surface area contributed by atoms with Gasteiger partial charge in [0.25, 0.3) is 0 Å². The zero-order chi connectivity index (χ0) is 14.8. The van der Waals surface area contributed by atoms with Gasteiger partial charge in [-0.1, -0.05) is 0 Å². The van der Waals surface area contributed by atoms with Crippen molar-refractivity contribution in [2.45, 2.75) is 25.6 Å². The number of alkyl halides is 3. The van der Waals surface area contributed by atoms with Gasteiger partial charge in [-0.2, -0.15) is 13.2 Å². The van der Waals surface area contributed by atoms with Gasteiger partial charge in [-0.05, 0) is 25.5 Å². The van der Waals surface area contributed by atoms with E-state index in [0.29, 0.717) is 25.5 Å². The van der Waals surface area contributed by atoms with E-state index >= 15 is 0 Å². The Bertz CT molecular complexity index is 461. The molecule has 1 fully saturated rings. The van der Waals surface area contributed by atoms with Crippen LogP contribution in [0.2, 0.25) is 0 Å². The summed E-state index contributed by atoms with van der Waals surface area (Å²) < 4.78 is 37.4. The summed E-state index contributed by atoms with van der Waals surface area (Å²) in [6.07, 6.45) is -1.94. The molecule has 7 heteroatoms. The van der Waals surface area contributed by atoms with Crippen molar-refractivity contribution < 1.29 is 18.0 Å². The highest BCUT2D eigenvalue weighted by Gasteiger charge is 2.31. The third-order valence-electron chi connectivity index (χ3n) is 3.55. The molecule has 0 radical (unpaired) electrons. The average molecular weight is 287 g/mol. The van der Waals surface area contributed by atoms with Crippen molar-refractivity contribution >= 4 is 12.2 Å². The highest BCUT2D eigenvalue weighted by molar-refractivity contribution is 5.48. The van der Waals surface area contributed by atoms with Gasteiger partial charge in [-0.15, -0.1) is 0 Å². The average Bonchev–Trinajstić information content (AvgIpc) is 2.60. The van der Waals surface area contributed by atoms with Gasteiger partial charge in [0.1, 0.15) is 5.82 Å². The van der Waals surface area contributed by atoms with Gasteiger partial charge in [0.05, 0.1) is 5.56 Å². The van der Waals surface area contributed by atoms with Crippen molar-refractivity contribution in [2.75, 3.05) is 24.5 Å². The van der Waals surface area contributed by atoms with Crippen LogP contribution in [0.25, 0.3) is 0 Å². The molecular weight excluding hydrogens is 271 g/mol. The molecule has 0 N–H and O–H groups in total. The summed E-state index contributed by atoms with van der Waals surface area (Å²) in [7, 11) is 0. The fourth-order valence-electron chi connectivity index (χ4n) is 2.20. The predicted octanol–water partition coefficient (Wildman–Crippen LogP) is 2.16. The molecular formula is C13H16F3N3O. The monoisotopic (exact) mass is 287 g/mol. The van der Waals surface area contributed by atoms with Crippen LogP contribution < -0.4 is 4.90 Å². The molecule has 1 aromatic heterocycles. The number of carbonyl (C=O) groups is 1. The maximum absolute atomic E-state index is 12.5. The van der Waals surface area contributed by atoms with Gasteiger partial charge in [-0.3, -0.25) is 4.79 Å². The first-order valence-electron chi connectivity index (χ1n) is 6.41. The Morgan fingerprint density at radius 3 is 2.60 bits per heavy atom. The lowest BCUT2D eigenvalue weighted by atomic mass is 10.2. The fraction of sp³-hybridized carbons (Fsp3) is 0.538. The topological polar surface area (TPSA) is 36.4 Å². The van der Waals surface area contributed by atoms with Crippen LogP contribution in [0, 0.1) is 0 Å². The fourth-order valence-corrected chi connectivity index (χ4v) is 2.20. The molecule has 0 aliphatic carbocycles. The minimum absolute atomic E-state index is 0.131. The van der Waals surface area contributed by atoms with E-state index in [-0.39, 0.29) is 6.04 Å². The standard InChI is InChI=1S/C13H16F3N3O/c1-10-4-5-18(6-7-19(10)9-20)12-3-2-11(8-17-12)13(14,15)16/h2-3,8-10H,4-7H2,1H3. The molecule has 2 rings (SSSR count). The SMILES string of the molecule is CC1CCN(c2ccc(C(F)(F)F)cn2)CCN1C=O. The van der Waals surface area contributed by atoms with Gasteiger partial charge < -0.3 is 9.80 Å². The Balaban J connectivity index is 2.10. The third-order valence-corrected chi connectivity index (χ3v) is 3.55. The minimum Gasteiger partial charge on any atom is -0.355 e. The Morgan fingerprint density at radius 1 is 1.30 bits per heavy atom. The molecule has 4 nitrogen and oxygen atoms in total. The van der Waals surface area contributed by atoms with Crippen molar-refractivity contribution in [3.63, 3.8) is 0 Å².